The lowest BCUT2D eigenvalue weighted by molar-refractivity contribution is -0.141. The SMILES string of the molecule is COC(=O)CC1COc2cc(O[C@@H]3CCc4c3ccc(C#N)c4-c3c(C)cc(OCc4ccn(C)c(=O)c4)cc3C)ccc21. The van der Waals surface area contributed by atoms with Crippen LogP contribution in [-0.4, -0.2) is 24.3 Å². The van der Waals surface area contributed by atoms with Crippen molar-refractivity contribution in [3.63, 3.8) is 0 Å². The number of benzene rings is 3. The molecule has 0 saturated heterocycles. The van der Waals surface area contributed by atoms with Crippen LogP contribution in [0.15, 0.2) is 65.6 Å². The minimum Gasteiger partial charge on any atom is -0.492 e. The van der Waals surface area contributed by atoms with Gasteiger partial charge >= 0.3 is 5.97 Å². The highest BCUT2D eigenvalue weighted by atomic mass is 16.5. The number of hydrogen-bond acceptors (Lipinski definition) is 7. The Morgan fingerprint density at radius 2 is 1.80 bits per heavy atom. The van der Waals surface area contributed by atoms with Crippen LogP contribution >= 0.6 is 0 Å². The number of nitrogens with zero attached hydrogens (tertiary/aromatic N) is 2. The molecule has 0 amide bonds. The Morgan fingerprint density at radius 1 is 1.02 bits per heavy atom. The molecule has 0 fully saturated rings. The number of nitriles is 1. The first-order chi connectivity index (χ1) is 21.2. The van der Waals surface area contributed by atoms with Crippen LogP contribution in [0, 0.1) is 25.2 Å². The summed E-state index contributed by atoms with van der Waals surface area (Å²) in [5, 5.41) is 10.1. The maximum Gasteiger partial charge on any atom is 0.306 e. The van der Waals surface area contributed by atoms with Crippen LogP contribution in [0.25, 0.3) is 11.1 Å². The lowest BCUT2D eigenvalue weighted by Gasteiger charge is -2.19. The van der Waals surface area contributed by atoms with Crippen molar-refractivity contribution in [2.24, 2.45) is 7.05 Å². The second-order valence-electron chi connectivity index (χ2n) is 11.5. The Balaban J connectivity index is 1.25. The molecule has 1 unspecified atom stereocenters. The van der Waals surface area contributed by atoms with Crippen LogP contribution in [-0.2, 0) is 29.6 Å². The fraction of sp³-hybridized carbons (Fsp3) is 0.306. The Kier molecular flexibility index (Phi) is 7.88. The van der Waals surface area contributed by atoms with E-state index >= 15 is 0 Å². The highest BCUT2D eigenvalue weighted by molar-refractivity contribution is 5.81. The van der Waals surface area contributed by atoms with E-state index < -0.39 is 0 Å². The molecule has 6 rings (SSSR count). The molecule has 8 nitrogen and oxygen atoms in total. The number of ether oxygens (including phenoxy) is 4. The molecule has 1 aromatic heterocycles. The lowest BCUT2D eigenvalue weighted by atomic mass is 9.87. The Labute approximate surface area is 256 Å². The van der Waals surface area contributed by atoms with Crippen LogP contribution < -0.4 is 19.8 Å². The van der Waals surface area contributed by atoms with E-state index in [1.807, 2.05) is 62.4 Å². The van der Waals surface area contributed by atoms with Crippen LogP contribution in [0.3, 0.4) is 0 Å². The topological polar surface area (TPSA) is 99.8 Å². The first kappa shape index (κ1) is 29.1. The average Bonchev–Trinajstić information content (AvgIpc) is 3.61. The zero-order valence-corrected chi connectivity index (χ0v) is 25.3. The van der Waals surface area contributed by atoms with Gasteiger partial charge in [0.05, 0.1) is 31.8 Å². The molecule has 2 heterocycles. The van der Waals surface area contributed by atoms with Crippen LogP contribution in [0.1, 0.15) is 63.8 Å². The standard InChI is InChI=1S/C36H34N2O6/c1-21-13-27(42-19-23-11-12-38(3)33(39)15-23)14-22(2)35(21)36-24(18-37)5-7-29-30(36)9-10-31(29)44-26-6-8-28-25(16-34(40)41-4)20-43-32(28)17-26/h5-8,11-15,17,25,31H,9-10,16,19-20H2,1-4H3/t25?,31-/m1/s1. The first-order valence-electron chi connectivity index (χ1n) is 14.7. The average molecular weight is 591 g/mol. The lowest BCUT2D eigenvalue weighted by Crippen LogP contribution is -2.15. The Bertz CT molecular complexity index is 1840. The van der Waals surface area contributed by atoms with Gasteiger partial charge in [-0.15, -0.1) is 0 Å². The number of hydrogen-bond donors (Lipinski definition) is 0. The van der Waals surface area contributed by atoms with Gasteiger partial charge in [-0.25, -0.2) is 0 Å². The van der Waals surface area contributed by atoms with Crippen molar-refractivity contribution >= 4 is 5.97 Å². The summed E-state index contributed by atoms with van der Waals surface area (Å²) in [5.74, 6) is 1.87. The van der Waals surface area contributed by atoms with Gasteiger partial charge in [0.2, 0.25) is 0 Å². The molecule has 3 aromatic carbocycles. The number of methoxy groups -OCH3 is 1. The predicted octanol–water partition coefficient (Wildman–Crippen LogP) is 6.23. The van der Waals surface area contributed by atoms with E-state index in [2.05, 4.69) is 6.07 Å². The third kappa shape index (κ3) is 5.53. The van der Waals surface area contributed by atoms with Gasteiger partial charge < -0.3 is 23.5 Å². The van der Waals surface area contributed by atoms with Crippen molar-refractivity contribution in [3.8, 4) is 34.4 Å². The Hall–Kier alpha value is -5.03. The highest BCUT2D eigenvalue weighted by Crippen LogP contribution is 2.45. The molecule has 0 bridgehead atoms. The van der Waals surface area contributed by atoms with Gasteiger partial charge in [-0.2, -0.15) is 5.26 Å². The van der Waals surface area contributed by atoms with Crippen molar-refractivity contribution in [1.29, 1.82) is 5.26 Å². The van der Waals surface area contributed by atoms with Gasteiger partial charge in [-0.3, -0.25) is 9.59 Å². The molecule has 0 spiro atoms. The van der Waals surface area contributed by atoms with Crippen molar-refractivity contribution in [2.45, 2.75) is 51.7 Å². The monoisotopic (exact) mass is 590 g/mol. The molecular weight excluding hydrogens is 556 g/mol. The zero-order chi connectivity index (χ0) is 31.0. The van der Waals surface area contributed by atoms with Gasteiger partial charge in [0.1, 0.15) is 30.0 Å². The summed E-state index contributed by atoms with van der Waals surface area (Å²) in [6.07, 6.45) is 3.43. The second-order valence-corrected chi connectivity index (χ2v) is 11.5. The van der Waals surface area contributed by atoms with Crippen molar-refractivity contribution in [2.75, 3.05) is 13.7 Å². The molecule has 1 aliphatic heterocycles. The molecule has 2 aliphatic rings. The summed E-state index contributed by atoms with van der Waals surface area (Å²) >= 11 is 0. The number of pyridine rings is 1. The van der Waals surface area contributed by atoms with E-state index in [1.54, 1.807) is 19.3 Å². The summed E-state index contributed by atoms with van der Waals surface area (Å²) in [6, 6.07) is 19.5. The quantitative estimate of drug-likeness (QED) is 0.225. The van der Waals surface area contributed by atoms with Crippen LogP contribution in [0.2, 0.25) is 0 Å². The number of fused-ring (bicyclic) bond motifs is 2. The largest absolute Gasteiger partial charge is 0.492 e. The number of carbonyl (C=O) groups is 1. The van der Waals surface area contributed by atoms with Crippen LogP contribution in [0.4, 0.5) is 0 Å². The first-order valence-corrected chi connectivity index (χ1v) is 14.7. The number of carbonyl (C=O) groups excluding carboxylic acids is 1. The van der Waals surface area contributed by atoms with Gasteiger partial charge in [0.15, 0.2) is 0 Å². The molecular formula is C36H34N2O6. The smallest absolute Gasteiger partial charge is 0.306 e. The molecule has 8 heteroatoms. The summed E-state index contributed by atoms with van der Waals surface area (Å²) in [7, 11) is 3.11. The van der Waals surface area contributed by atoms with E-state index in [0.717, 1.165) is 63.1 Å². The van der Waals surface area contributed by atoms with Crippen molar-refractivity contribution in [1.82, 2.24) is 4.57 Å². The van der Waals surface area contributed by atoms with Crippen molar-refractivity contribution < 1.29 is 23.7 Å². The molecule has 2 atom stereocenters. The molecule has 0 radical (unpaired) electrons. The van der Waals surface area contributed by atoms with Crippen molar-refractivity contribution in [3.05, 3.63) is 110 Å². The van der Waals surface area contributed by atoms with E-state index in [-0.39, 0.29) is 36.6 Å². The predicted molar refractivity (Wildman–Crippen MR) is 165 cm³/mol. The number of aromatic nitrogens is 1. The third-order valence-electron chi connectivity index (χ3n) is 8.59. The summed E-state index contributed by atoms with van der Waals surface area (Å²) < 4.78 is 24.8. The van der Waals surface area contributed by atoms with E-state index in [4.69, 9.17) is 18.9 Å². The molecule has 1 aliphatic carbocycles. The number of rotatable bonds is 8. The van der Waals surface area contributed by atoms with Crippen LogP contribution in [0.5, 0.6) is 17.2 Å². The van der Waals surface area contributed by atoms with Gasteiger partial charge in [-0.1, -0.05) is 12.1 Å². The minimum absolute atomic E-state index is 0.0265. The normalized spacial score (nSPS) is 16.4. The molecule has 44 heavy (non-hydrogen) atoms. The van der Waals surface area contributed by atoms with E-state index in [9.17, 15) is 14.9 Å². The summed E-state index contributed by atoms with van der Waals surface area (Å²) in [5.41, 5.74) is 8.56. The number of esters is 1. The van der Waals surface area contributed by atoms with E-state index in [0.29, 0.717) is 23.7 Å². The minimum atomic E-state index is -0.255. The summed E-state index contributed by atoms with van der Waals surface area (Å²) in [4.78, 5) is 23.8. The fourth-order valence-corrected chi connectivity index (χ4v) is 6.36. The second kappa shape index (κ2) is 11.9. The zero-order valence-electron chi connectivity index (χ0n) is 25.3. The molecule has 0 saturated carbocycles. The highest BCUT2D eigenvalue weighted by Gasteiger charge is 2.31. The fourth-order valence-electron chi connectivity index (χ4n) is 6.36. The van der Waals surface area contributed by atoms with Gasteiger partial charge in [0.25, 0.3) is 5.56 Å². The maximum absolute atomic E-state index is 12.0. The number of aryl methyl sites for hydroxylation is 3. The maximum atomic E-state index is 12.0. The molecule has 4 aromatic rings. The van der Waals surface area contributed by atoms with Gasteiger partial charge in [0, 0.05) is 42.4 Å². The molecule has 224 valence electrons. The van der Waals surface area contributed by atoms with E-state index in [1.165, 1.54) is 11.7 Å². The third-order valence-corrected chi connectivity index (χ3v) is 8.59. The summed E-state index contributed by atoms with van der Waals surface area (Å²) in [6.45, 7) is 4.80. The van der Waals surface area contributed by atoms with Gasteiger partial charge in [-0.05, 0) is 90.4 Å². The Morgan fingerprint density at radius 3 is 2.52 bits per heavy atom. The molecule has 0 N–H and O–H groups in total.